The number of aromatic hydroxyl groups is 2. The van der Waals surface area contributed by atoms with Crippen molar-refractivity contribution in [3.8, 4) is 11.5 Å². The van der Waals surface area contributed by atoms with Gasteiger partial charge in [-0.25, -0.2) is 0 Å². The summed E-state index contributed by atoms with van der Waals surface area (Å²) in [5, 5.41) is 23.4. The van der Waals surface area contributed by atoms with Crippen LogP contribution in [-0.4, -0.2) is 20.7 Å². The van der Waals surface area contributed by atoms with Gasteiger partial charge in [0.15, 0.2) is 0 Å². The second-order valence-corrected chi connectivity index (χ2v) is 6.07. The third kappa shape index (κ3) is 2.34. The van der Waals surface area contributed by atoms with Gasteiger partial charge in [-0.1, -0.05) is 24.3 Å². The number of aromatic nitrogens is 1. The van der Waals surface area contributed by atoms with Crippen molar-refractivity contribution >= 4 is 22.5 Å². The quantitative estimate of drug-likeness (QED) is 0.627. The van der Waals surface area contributed by atoms with Gasteiger partial charge in [0, 0.05) is 11.9 Å². The molecule has 25 heavy (non-hydrogen) atoms. The van der Waals surface area contributed by atoms with Crippen molar-refractivity contribution in [3.05, 3.63) is 63.9 Å². The topological polar surface area (TPSA) is 91.6 Å². The number of benzene rings is 2. The van der Waals surface area contributed by atoms with Crippen LogP contribution in [0.5, 0.6) is 11.5 Å². The number of phenolic OH excluding ortho intramolecular Hbond substituents is 1. The first-order valence-electron chi connectivity index (χ1n) is 8.04. The zero-order chi connectivity index (χ0) is 17.6. The first-order valence-corrected chi connectivity index (χ1v) is 8.04. The van der Waals surface area contributed by atoms with Gasteiger partial charge in [0.2, 0.25) is 0 Å². The lowest BCUT2D eigenvalue weighted by molar-refractivity contribution is 0.102. The average Bonchev–Trinajstić information content (AvgIpc) is 2.61. The van der Waals surface area contributed by atoms with Gasteiger partial charge in [-0.05, 0) is 36.6 Å². The first kappa shape index (κ1) is 15.3. The number of pyridine rings is 1. The molecule has 3 N–H and O–H groups in total. The standard InChI is InChI=1S/C19H16N2O4/c22-14-9-2-1-8-13(14)20-18(24)15-17(23)12-7-3-5-11-6-4-10-21(16(11)12)19(15)25/h1-3,5,7-9,22-23H,4,6,10H2,(H,20,24). The van der Waals surface area contributed by atoms with E-state index in [1.807, 2.05) is 12.1 Å². The molecular weight excluding hydrogens is 320 g/mol. The number of para-hydroxylation sites is 3. The van der Waals surface area contributed by atoms with E-state index in [0.717, 1.165) is 18.4 Å². The Morgan fingerprint density at radius 1 is 1.08 bits per heavy atom. The maximum Gasteiger partial charge on any atom is 0.267 e. The van der Waals surface area contributed by atoms with Crippen LogP contribution < -0.4 is 10.9 Å². The molecule has 3 aromatic rings. The minimum Gasteiger partial charge on any atom is -0.506 e. The van der Waals surface area contributed by atoms with Crippen molar-refractivity contribution in [3.63, 3.8) is 0 Å². The highest BCUT2D eigenvalue weighted by Crippen LogP contribution is 2.32. The minimum absolute atomic E-state index is 0.111. The van der Waals surface area contributed by atoms with Gasteiger partial charge >= 0.3 is 0 Å². The van der Waals surface area contributed by atoms with Gasteiger partial charge in [0.25, 0.3) is 11.5 Å². The molecule has 2 aromatic carbocycles. The molecular formula is C19H16N2O4. The summed E-state index contributed by atoms with van der Waals surface area (Å²) in [5.41, 5.74) is 1.03. The van der Waals surface area contributed by atoms with E-state index >= 15 is 0 Å². The fourth-order valence-corrected chi connectivity index (χ4v) is 3.39. The Labute approximate surface area is 143 Å². The Kier molecular flexibility index (Phi) is 3.46. The molecule has 0 aliphatic carbocycles. The summed E-state index contributed by atoms with van der Waals surface area (Å²) in [6, 6.07) is 11.7. The van der Waals surface area contributed by atoms with E-state index in [4.69, 9.17) is 0 Å². The van der Waals surface area contributed by atoms with Crippen LogP contribution in [0.15, 0.2) is 47.3 Å². The SMILES string of the molecule is O=C(Nc1ccccc1O)c1c(O)c2cccc3c2n(c1=O)CCC3. The Hall–Kier alpha value is -3.28. The molecule has 0 saturated carbocycles. The molecule has 6 nitrogen and oxygen atoms in total. The average molecular weight is 336 g/mol. The molecule has 0 spiro atoms. The molecule has 0 radical (unpaired) electrons. The molecule has 2 heterocycles. The van der Waals surface area contributed by atoms with Gasteiger partial charge < -0.3 is 20.1 Å². The summed E-state index contributed by atoms with van der Waals surface area (Å²) >= 11 is 0. The smallest absolute Gasteiger partial charge is 0.267 e. The van der Waals surface area contributed by atoms with E-state index in [9.17, 15) is 19.8 Å². The van der Waals surface area contributed by atoms with Gasteiger partial charge in [-0.15, -0.1) is 0 Å². The Balaban J connectivity index is 1.90. The Bertz CT molecular complexity index is 1070. The van der Waals surface area contributed by atoms with Crippen molar-refractivity contribution in [2.75, 3.05) is 5.32 Å². The lowest BCUT2D eigenvalue weighted by Crippen LogP contribution is -2.31. The van der Waals surface area contributed by atoms with E-state index in [-0.39, 0.29) is 22.7 Å². The van der Waals surface area contributed by atoms with Gasteiger partial charge in [0.05, 0.1) is 11.2 Å². The number of anilines is 1. The second-order valence-electron chi connectivity index (χ2n) is 6.07. The normalized spacial score (nSPS) is 13.0. The largest absolute Gasteiger partial charge is 0.506 e. The Morgan fingerprint density at radius 2 is 1.88 bits per heavy atom. The van der Waals surface area contributed by atoms with Crippen LogP contribution in [0.2, 0.25) is 0 Å². The van der Waals surface area contributed by atoms with Crippen LogP contribution in [0, 0.1) is 0 Å². The fraction of sp³-hybridized carbons (Fsp3) is 0.158. The molecule has 0 saturated heterocycles. The van der Waals surface area contributed by atoms with Crippen molar-refractivity contribution in [1.82, 2.24) is 4.57 Å². The van der Waals surface area contributed by atoms with Crippen LogP contribution in [0.4, 0.5) is 5.69 Å². The van der Waals surface area contributed by atoms with Gasteiger partial charge in [0.1, 0.15) is 17.1 Å². The third-order valence-corrected chi connectivity index (χ3v) is 4.55. The van der Waals surface area contributed by atoms with Gasteiger partial charge in [-0.3, -0.25) is 9.59 Å². The number of rotatable bonds is 2. The fourth-order valence-electron chi connectivity index (χ4n) is 3.39. The summed E-state index contributed by atoms with van der Waals surface area (Å²) in [6.45, 7) is 0.503. The summed E-state index contributed by atoms with van der Waals surface area (Å²) in [6.07, 6.45) is 1.64. The minimum atomic E-state index is -0.745. The molecule has 0 atom stereocenters. The summed E-state index contributed by atoms with van der Waals surface area (Å²) in [4.78, 5) is 25.4. The third-order valence-electron chi connectivity index (χ3n) is 4.55. The molecule has 1 amide bonds. The number of carbonyl (C=O) groups excluding carboxylic acids is 1. The van der Waals surface area contributed by atoms with Crippen molar-refractivity contribution < 1.29 is 15.0 Å². The lowest BCUT2D eigenvalue weighted by atomic mass is 9.99. The molecule has 1 aliphatic heterocycles. The number of amides is 1. The summed E-state index contributed by atoms with van der Waals surface area (Å²) in [5.74, 6) is -1.18. The number of hydrogen-bond acceptors (Lipinski definition) is 4. The van der Waals surface area contributed by atoms with E-state index < -0.39 is 11.5 Å². The maximum absolute atomic E-state index is 12.8. The van der Waals surface area contributed by atoms with E-state index in [1.54, 1.807) is 22.8 Å². The number of nitrogens with zero attached hydrogens (tertiary/aromatic N) is 1. The zero-order valence-corrected chi connectivity index (χ0v) is 13.3. The monoisotopic (exact) mass is 336 g/mol. The lowest BCUT2D eigenvalue weighted by Gasteiger charge is -2.21. The summed E-state index contributed by atoms with van der Waals surface area (Å²) < 4.78 is 1.55. The van der Waals surface area contributed by atoms with Crippen molar-refractivity contribution in [2.45, 2.75) is 19.4 Å². The molecule has 0 fully saturated rings. The molecule has 6 heteroatoms. The molecule has 1 aliphatic rings. The second kappa shape index (κ2) is 5.66. The van der Waals surface area contributed by atoms with Crippen LogP contribution >= 0.6 is 0 Å². The first-order chi connectivity index (χ1) is 12.1. The molecule has 4 rings (SSSR count). The number of phenols is 1. The Morgan fingerprint density at radius 3 is 2.68 bits per heavy atom. The van der Waals surface area contributed by atoms with E-state index in [2.05, 4.69) is 5.32 Å². The number of carbonyl (C=O) groups is 1. The predicted molar refractivity (Wildman–Crippen MR) is 94.3 cm³/mol. The van der Waals surface area contributed by atoms with Crippen LogP contribution in [0.1, 0.15) is 22.3 Å². The van der Waals surface area contributed by atoms with E-state index in [0.29, 0.717) is 17.4 Å². The molecule has 0 unspecified atom stereocenters. The van der Waals surface area contributed by atoms with Crippen LogP contribution in [0.25, 0.3) is 10.9 Å². The highest BCUT2D eigenvalue weighted by atomic mass is 16.3. The number of nitrogens with one attached hydrogen (secondary N) is 1. The van der Waals surface area contributed by atoms with Gasteiger partial charge in [-0.2, -0.15) is 0 Å². The predicted octanol–water partition coefficient (Wildman–Crippen LogP) is 2.61. The highest BCUT2D eigenvalue weighted by molar-refractivity contribution is 6.09. The van der Waals surface area contributed by atoms with Crippen LogP contribution in [-0.2, 0) is 13.0 Å². The summed E-state index contributed by atoms with van der Waals surface area (Å²) in [7, 11) is 0. The maximum atomic E-state index is 12.8. The van der Waals surface area contributed by atoms with E-state index in [1.165, 1.54) is 12.1 Å². The van der Waals surface area contributed by atoms with Crippen LogP contribution in [0.3, 0.4) is 0 Å². The molecule has 126 valence electrons. The zero-order valence-electron chi connectivity index (χ0n) is 13.3. The number of hydrogen-bond donors (Lipinski definition) is 3. The van der Waals surface area contributed by atoms with Crippen molar-refractivity contribution in [1.29, 1.82) is 0 Å². The molecule has 0 bridgehead atoms. The van der Waals surface area contributed by atoms with Crippen molar-refractivity contribution in [2.24, 2.45) is 0 Å². The highest BCUT2D eigenvalue weighted by Gasteiger charge is 2.25. The number of aryl methyl sites for hydroxylation is 2. The molecule has 1 aromatic heterocycles.